The highest BCUT2D eigenvalue weighted by Gasteiger charge is 2.61. The monoisotopic (exact) mass is 710 g/mol. The molecular formula is C39H43F5N4O3. The van der Waals surface area contributed by atoms with E-state index in [1.54, 1.807) is 12.1 Å². The maximum absolute atomic E-state index is 14.4. The lowest BCUT2D eigenvalue weighted by Crippen LogP contribution is -2.59. The Bertz CT molecular complexity index is 1910. The number of nitrogens with zero attached hydrogens (tertiary/aromatic N) is 3. The number of amides is 1. The van der Waals surface area contributed by atoms with E-state index in [2.05, 4.69) is 30.1 Å². The predicted molar refractivity (Wildman–Crippen MR) is 186 cm³/mol. The van der Waals surface area contributed by atoms with Crippen molar-refractivity contribution in [1.82, 2.24) is 20.1 Å². The number of carboxylic acids is 1. The SMILES string of the molecule is CC1(C)CCCN(Cc2cnc(-c3cccc4c(C[C@H](NC(=O)C5(C(F)(F)F)CCN(CC(F)F)CC5)C(=O)O)cccc34)c3ccccc23)C1. The number of aromatic nitrogens is 1. The van der Waals surface area contributed by atoms with E-state index in [0.29, 0.717) is 10.9 Å². The molecule has 2 aliphatic rings. The molecule has 51 heavy (non-hydrogen) atoms. The zero-order valence-electron chi connectivity index (χ0n) is 28.8. The van der Waals surface area contributed by atoms with Crippen molar-refractivity contribution in [3.05, 3.63) is 78.0 Å². The van der Waals surface area contributed by atoms with E-state index in [-0.39, 0.29) is 24.9 Å². The molecule has 4 aromatic rings. The fraction of sp³-hybridized carbons (Fsp3) is 0.462. The highest BCUT2D eigenvalue weighted by molar-refractivity contribution is 6.05. The van der Waals surface area contributed by atoms with Gasteiger partial charge in [0.05, 0.1) is 12.2 Å². The molecule has 2 fully saturated rings. The maximum atomic E-state index is 14.4. The van der Waals surface area contributed by atoms with Crippen LogP contribution < -0.4 is 5.32 Å². The second-order valence-electron chi connectivity index (χ2n) is 14.8. The molecule has 3 heterocycles. The first-order chi connectivity index (χ1) is 24.2. The molecule has 0 unspecified atom stereocenters. The lowest BCUT2D eigenvalue weighted by atomic mass is 9.76. The van der Waals surface area contributed by atoms with Gasteiger partial charge in [-0.05, 0) is 78.0 Å². The van der Waals surface area contributed by atoms with Crippen molar-refractivity contribution in [1.29, 1.82) is 0 Å². The van der Waals surface area contributed by atoms with Crippen molar-refractivity contribution >= 4 is 33.4 Å². The molecule has 2 N–H and O–H groups in total. The first-order valence-corrected chi connectivity index (χ1v) is 17.4. The number of pyridine rings is 1. The minimum absolute atomic E-state index is 0.250. The van der Waals surface area contributed by atoms with E-state index in [9.17, 15) is 36.6 Å². The normalized spacial score (nSPS) is 19.0. The van der Waals surface area contributed by atoms with Crippen LogP contribution in [0, 0.1) is 10.8 Å². The van der Waals surface area contributed by atoms with Crippen LogP contribution in [0.1, 0.15) is 50.7 Å². The number of alkyl halides is 5. The fourth-order valence-electron chi connectivity index (χ4n) is 7.94. The Hall–Kier alpha value is -4.16. The molecule has 1 aromatic heterocycles. The molecule has 7 nitrogen and oxygen atoms in total. The third-order valence-corrected chi connectivity index (χ3v) is 10.6. The summed E-state index contributed by atoms with van der Waals surface area (Å²) < 4.78 is 69.0. The van der Waals surface area contributed by atoms with Crippen LogP contribution in [0.4, 0.5) is 22.0 Å². The minimum Gasteiger partial charge on any atom is -0.480 e. The van der Waals surface area contributed by atoms with Gasteiger partial charge >= 0.3 is 12.1 Å². The molecule has 0 aliphatic carbocycles. The fourth-order valence-corrected chi connectivity index (χ4v) is 7.94. The smallest absolute Gasteiger partial charge is 0.403 e. The number of benzene rings is 3. The van der Waals surface area contributed by atoms with Crippen molar-refractivity contribution in [2.75, 3.05) is 32.7 Å². The van der Waals surface area contributed by atoms with E-state index in [4.69, 9.17) is 4.98 Å². The van der Waals surface area contributed by atoms with Gasteiger partial charge in [0.1, 0.15) is 11.5 Å². The number of carbonyl (C=O) groups is 2. The molecule has 272 valence electrons. The number of hydrogen-bond donors (Lipinski definition) is 2. The largest absolute Gasteiger partial charge is 0.480 e. The molecule has 0 saturated carbocycles. The van der Waals surface area contributed by atoms with Gasteiger partial charge in [-0.1, -0.05) is 74.5 Å². The van der Waals surface area contributed by atoms with Crippen LogP contribution in [-0.4, -0.2) is 83.1 Å². The number of piperidine rings is 2. The number of hydrogen-bond acceptors (Lipinski definition) is 5. The Kier molecular flexibility index (Phi) is 10.4. The summed E-state index contributed by atoms with van der Waals surface area (Å²) in [6.45, 7) is 5.99. The van der Waals surface area contributed by atoms with Crippen LogP contribution in [0.3, 0.4) is 0 Å². The molecule has 3 aromatic carbocycles. The van der Waals surface area contributed by atoms with E-state index < -0.39 is 55.3 Å². The number of carbonyl (C=O) groups excluding carboxylic acids is 1. The zero-order valence-corrected chi connectivity index (χ0v) is 28.8. The molecule has 2 saturated heterocycles. The van der Waals surface area contributed by atoms with Crippen molar-refractivity contribution in [3.63, 3.8) is 0 Å². The third-order valence-electron chi connectivity index (χ3n) is 10.6. The van der Waals surface area contributed by atoms with Gasteiger partial charge in [0.15, 0.2) is 0 Å². The number of carboxylic acid groups (broad SMARTS) is 1. The topological polar surface area (TPSA) is 85.8 Å². The Morgan fingerprint density at radius 2 is 1.51 bits per heavy atom. The number of aliphatic carboxylic acids is 1. The lowest BCUT2D eigenvalue weighted by Gasteiger charge is -2.41. The molecule has 1 amide bonds. The number of fused-ring (bicyclic) bond motifs is 2. The van der Waals surface area contributed by atoms with E-state index in [1.165, 1.54) is 11.3 Å². The van der Waals surface area contributed by atoms with E-state index >= 15 is 0 Å². The predicted octanol–water partition coefficient (Wildman–Crippen LogP) is 7.70. The standard InChI is InChI=1S/C39H43F5N4O3/c1-37(2)14-7-17-48(24-37)22-26-21-45-34(30-10-4-3-9-28(26)30)31-13-6-11-27-25(8-5-12-29(27)31)20-32(35(49)50)46-36(51)38(39(42,43)44)15-18-47(19-16-38)23-33(40)41/h3-6,8-13,21,32-33H,7,14-20,22-24H2,1-2H3,(H,46,51)(H,49,50)/t32-/m0/s1. The number of halogens is 5. The molecular weight excluding hydrogens is 667 g/mol. The van der Waals surface area contributed by atoms with Crippen molar-refractivity contribution in [2.45, 2.75) is 71.1 Å². The molecule has 6 rings (SSSR count). The van der Waals surface area contributed by atoms with Crippen LogP contribution in [0.2, 0.25) is 0 Å². The van der Waals surface area contributed by atoms with Gasteiger partial charge in [0.2, 0.25) is 5.91 Å². The summed E-state index contributed by atoms with van der Waals surface area (Å²) in [5, 5.41) is 15.8. The highest BCUT2D eigenvalue weighted by Crippen LogP contribution is 2.47. The van der Waals surface area contributed by atoms with E-state index in [1.807, 2.05) is 48.7 Å². The van der Waals surface area contributed by atoms with Crippen molar-refractivity contribution in [2.24, 2.45) is 10.8 Å². The summed E-state index contributed by atoms with van der Waals surface area (Å²) in [4.78, 5) is 34.4. The Balaban J connectivity index is 1.29. The minimum atomic E-state index is -5.00. The summed E-state index contributed by atoms with van der Waals surface area (Å²) in [6.07, 6.45) is -5.21. The second kappa shape index (κ2) is 14.5. The summed E-state index contributed by atoms with van der Waals surface area (Å²) in [5.41, 5.74) is 0.602. The van der Waals surface area contributed by atoms with Crippen LogP contribution in [0.15, 0.2) is 66.9 Å². The first-order valence-electron chi connectivity index (χ1n) is 17.4. The summed E-state index contributed by atoms with van der Waals surface area (Å²) >= 11 is 0. The number of rotatable bonds is 10. The van der Waals surface area contributed by atoms with Crippen LogP contribution >= 0.6 is 0 Å². The summed E-state index contributed by atoms with van der Waals surface area (Å²) in [7, 11) is 0. The van der Waals surface area contributed by atoms with Gasteiger partial charge in [-0.2, -0.15) is 13.2 Å². The highest BCUT2D eigenvalue weighted by atomic mass is 19.4. The van der Waals surface area contributed by atoms with Crippen LogP contribution in [0.25, 0.3) is 32.8 Å². The maximum Gasteiger partial charge on any atom is 0.403 e. The van der Waals surface area contributed by atoms with Crippen LogP contribution in [-0.2, 0) is 22.6 Å². The third kappa shape index (κ3) is 7.72. The van der Waals surface area contributed by atoms with Crippen molar-refractivity contribution in [3.8, 4) is 11.3 Å². The van der Waals surface area contributed by atoms with Gasteiger partial charge in [0.25, 0.3) is 6.43 Å². The molecule has 0 bridgehead atoms. The second-order valence-corrected chi connectivity index (χ2v) is 14.8. The molecule has 2 aliphatic heterocycles. The summed E-state index contributed by atoms with van der Waals surface area (Å²) in [6, 6.07) is 17.4. The first kappa shape index (κ1) is 36.6. The quantitative estimate of drug-likeness (QED) is 0.164. The number of nitrogens with one attached hydrogen (secondary N) is 1. The van der Waals surface area contributed by atoms with Crippen LogP contribution in [0.5, 0.6) is 0 Å². The van der Waals surface area contributed by atoms with Gasteiger partial charge in [-0.25, -0.2) is 13.6 Å². The van der Waals surface area contributed by atoms with E-state index in [0.717, 1.165) is 59.0 Å². The van der Waals surface area contributed by atoms with Gasteiger partial charge in [0, 0.05) is 36.7 Å². The average Bonchev–Trinajstić information content (AvgIpc) is 3.07. The van der Waals surface area contributed by atoms with Gasteiger partial charge < -0.3 is 10.4 Å². The van der Waals surface area contributed by atoms with Gasteiger partial charge in [-0.3, -0.25) is 19.6 Å². The average molecular weight is 711 g/mol. The lowest BCUT2D eigenvalue weighted by molar-refractivity contribution is -0.233. The zero-order chi connectivity index (χ0) is 36.6. The molecule has 0 radical (unpaired) electrons. The molecule has 1 atom stereocenters. The Labute approximate surface area is 293 Å². The molecule has 12 heteroatoms. The van der Waals surface area contributed by atoms with Crippen molar-refractivity contribution < 1.29 is 36.6 Å². The molecule has 0 spiro atoms. The Morgan fingerprint density at radius 3 is 2.18 bits per heavy atom. The number of likely N-dealkylation sites (tertiary alicyclic amines) is 2. The summed E-state index contributed by atoms with van der Waals surface area (Å²) in [5.74, 6) is -2.94. The van der Waals surface area contributed by atoms with Gasteiger partial charge in [-0.15, -0.1) is 0 Å². The Morgan fingerprint density at radius 1 is 0.863 bits per heavy atom.